The Hall–Kier alpha value is -1.84. The van der Waals surface area contributed by atoms with Gasteiger partial charge >= 0.3 is 11.9 Å². The van der Waals surface area contributed by atoms with Gasteiger partial charge in [0.1, 0.15) is 6.61 Å². The predicted octanol–water partition coefficient (Wildman–Crippen LogP) is 2.28. The summed E-state index contributed by atoms with van der Waals surface area (Å²) < 4.78 is 9.93. The molecular formula is C15H20O4. The van der Waals surface area contributed by atoms with E-state index < -0.39 is 5.92 Å². The van der Waals surface area contributed by atoms with Crippen LogP contribution in [0.4, 0.5) is 0 Å². The summed E-state index contributed by atoms with van der Waals surface area (Å²) in [7, 11) is 0. The Balaban J connectivity index is 2.40. The van der Waals surface area contributed by atoms with Crippen LogP contribution in [0.15, 0.2) is 24.3 Å². The maximum atomic E-state index is 11.7. The first-order valence-corrected chi connectivity index (χ1v) is 6.41. The molecule has 1 atom stereocenters. The third-order valence-electron chi connectivity index (χ3n) is 2.78. The SMILES string of the molecule is CCOC(=O)[C@@H](C)COC(=O)Cc1ccccc1C. The molecule has 4 nitrogen and oxygen atoms in total. The fraction of sp³-hybridized carbons (Fsp3) is 0.467. The van der Waals surface area contributed by atoms with Crippen molar-refractivity contribution in [2.24, 2.45) is 5.92 Å². The van der Waals surface area contributed by atoms with E-state index in [2.05, 4.69) is 0 Å². The summed E-state index contributed by atoms with van der Waals surface area (Å²) in [4.78, 5) is 23.0. The molecule has 1 aromatic rings. The summed E-state index contributed by atoms with van der Waals surface area (Å²) in [6, 6.07) is 7.65. The zero-order chi connectivity index (χ0) is 14.3. The molecule has 0 saturated heterocycles. The molecule has 1 aromatic carbocycles. The van der Waals surface area contributed by atoms with Gasteiger partial charge in [-0.1, -0.05) is 24.3 Å². The molecule has 0 aliphatic heterocycles. The molecule has 0 unspecified atom stereocenters. The maximum absolute atomic E-state index is 11.7. The summed E-state index contributed by atoms with van der Waals surface area (Å²) in [6.45, 7) is 5.77. The minimum atomic E-state index is -0.430. The highest BCUT2D eigenvalue weighted by Crippen LogP contribution is 2.09. The van der Waals surface area contributed by atoms with Gasteiger partial charge in [0.25, 0.3) is 0 Å². The topological polar surface area (TPSA) is 52.6 Å². The third kappa shape index (κ3) is 5.12. The van der Waals surface area contributed by atoms with Crippen molar-refractivity contribution in [3.63, 3.8) is 0 Å². The zero-order valence-electron chi connectivity index (χ0n) is 11.6. The Labute approximate surface area is 113 Å². The number of hydrogen-bond donors (Lipinski definition) is 0. The molecule has 0 heterocycles. The summed E-state index contributed by atoms with van der Waals surface area (Å²) in [5.41, 5.74) is 1.99. The molecule has 0 N–H and O–H groups in total. The third-order valence-corrected chi connectivity index (χ3v) is 2.78. The Bertz CT molecular complexity index is 440. The summed E-state index contributed by atoms with van der Waals surface area (Å²) in [5.74, 6) is -1.10. The number of ether oxygens (including phenoxy) is 2. The van der Waals surface area contributed by atoms with Crippen molar-refractivity contribution in [2.45, 2.75) is 27.2 Å². The van der Waals surface area contributed by atoms with Crippen LogP contribution in [0, 0.1) is 12.8 Å². The highest BCUT2D eigenvalue weighted by atomic mass is 16.5. The lowest BCUT2D eigenvalue weighted by molar-refractivity contribution is -0.153. The highest BCUT2D eigenvalue weighted by molar-refractivity contribution is 5.75. The molecule has 0 spiro atoms. The van der Waals surface area contributed by atoms with Crippen LogP contribution in [0.5, 0.6) is 0 Å². The summed E-state index contributed by atoms with van der Waals surface area (Å²) in [6.07, 6.45) is 0.224. The number of carbonyl (C=O) groups excluding carboxylic acids is 2. The molecular weight excluding hydrogens is 244 g/mol. The zero-order valence-corrected chi connectivity index (χ0v) is 11.6. The van der Waals surface area contributed by atoms with Gasteiger partial charge in [-0.15, -0.1) is 0 Å². The van der Waals surface area contributed by atoms with Gasteiger partial charge in [-0.05, 0) is 31.9 Å². The van der Waals surface area contributed by atoms with E-state index >= 15 is 0 Å². The van der Waals surface area contributed by atoms with Gasteiger partial charge < -0.3 is 9.47 Å². The van der Waals surface area contributed by atoms with Crippen molar-refractivity contribution in [1.82, 2.24) is 0 Å². The Kier molecular flexibility index (Phi) is 6.06. The van der Waals surface area contributed by atoms with Crippen molar-refractivity contribution in [3.8, 4) is 0 Å². The molecule has 104 valence electrons. The first-order chi connectivity index (χ1) is 9.04. The van der Waals surface area contributed by atoms with Crippen LogP contribution < -0.4 is 0 Å². The second-order valence-corrected chi connectivity index (χ2v) is 4.44. The van der Waals surface area contributed by atoms with Crippen LogP contribution in [0.25, 0.3) is 0 Å². The smallest absolute Gasteiger partial charge is 0.312 e. The lowest BCUT2D eigenvalue weighted by Gasteiger charge is -2.11. The average Bonchev–Trinajstić information content (AvgIpc) is 2.39. The molecule has 0 saturated carbocycles. The fourth-order valence-electron chi connectivity index (χ4n) is 1.59. The Morgan fingerprint density at radius 1 is 1.21 bits per heavy atom. The molecule has 19 heavy (non-hydrogen) atoms. The highest BCUT2D eigenvalue weighted by Gasteiger charge is 2.16. The number of esters is 2. The van der Waals surface area contributed by atoms with Crippen LogP contribution in [-0.2, 0) is 25.5 Å². The Morgan fingerprint density at radius 2 is 1.89 bits per heavy atom. The van der Waals surface area contributed by atoms with Gasteiger partial charge in [0.15, 0.2) is 0 Å². The monoisotopic (exact) mass is 264 g/mol. The first-order valence-electron chi connectivity index (χ1n) is 6.41. The van der Waals surface area contributed by atoms with Crippen molar-refractivity contribution in [2.75, 3.05) is 13.2 Å². The fourth-order valence-corrected chi connectivity index (χ4v) is 1.59. The molecule has 1 rings (SSSR count). The van der Waals surface area contributed by atoms with Crippen molar-refractivity contribution >= 4 is 11.9 Å². The van der Waals surface area contributed by atoms with Crippen molar-refractivity contribution < 1.29 is 19.1 Å². The van der Waals surface area contributed by atoms with E-state index in [1.165, 1.54) is 0 Å². The number of carbonyl (C=O) groups is 2. The molecule has 4 heteroatoms. The van der Waals surface area contributed by atoms with E-state index in [1.54, 1.807) is 13.8 Å². The van der Waals surface area contributed by atoms with Crippen LogP contribution in [0.1, 0.15) is 25.0 Å². The number of aryl methyl sites for hydroxylation is 1. The second-order valence-electron chi connectivity index (χ2n) is 4.44. The Morgan fingerprint density at radius 3 is 2.53 bits per heavy atom. The van der Waals surface area contributed by atoms with E-state index in [0.29, 0.717) is 6.61 Å². The van der Waals surface area contributed by atoms with Gasteiger partial charge in [-0.3, -0.25) is 9.59 Å². The van der Waals surface area contributed by atoms with E-state index in [4.69, 9.17) is 9.47 Å². The number of benzene rings is 1. The molecule has 0 aliphatic rings. The van der Waals surface area contributed by atoms with Gasteiger partial charge in [-0.25, -0.2) is 0 Å². The van der Waals surface area contributed by atoms with Gasteiger partial charge in [0.2, 0.25) is 0 Å². The minimum Gasteiger partial charge on any atom is -0.466 e. The molecule has 0 bridgehead atoms. The van der Waals surface area contributed by atoms with Crippen LogP contribution in [0.2, 0.25) is 0 Å². The van der Waals surface area contributed by atoms with Crippen molar-refractivity contribution in [1.29, 1.82) is 0 Å². The van der Waals surface area contributed by atoms with Crippen LogP contribution in [0.3, 0.4) is 0 Å². The molecule has 0 amide bonds. The van der Waals surface area contributed by atoms with Gasteiger partial charge in [0.05, 0.1) is 18.9 Å². The average molecular weight is 264 g/mol. The van der Waals surface area contributed by atoms with Crippen LogP contribution in [-0.4, -0.2) is 25.2 Å². The van der Waals surface area contributed by atoms with E-state index in [9.17, 15) is 9.59 Å². The largest absolute Gasteiger partial charge is 0.466 e. The standard InChI is InChI=1S/C15H20O4/c1-4-18-15(17)12(3)10-19-14(16)9-13-8-6-5-7-11(13)2/h5-8,12H,4,9-10H2,1-3H3/t12-/m0/s1. The van der Waals surface area contributed by atoms with Crippen LogP contribution >= 0.6 is 0 Å². The second kappa shape index (κ2) is 7.56. The number of hydrogen-bond acceptors (Lipinski definition) is 4. The molecule has 0 fully saturated rings. The van der Waals surface area contributed by atoms with E-state index in [1.807, 2.05) is 31.2 Å². The lowest BCUT2D eigenvalue weighted by atomic mass is 10.1. The van der Waals surface area contributed by atoms with Gasteiger partial charge in [-0.2, -0.15) is 0 Å². The predicted molar refractivity (Wildman–Crippen MR) is 71.6 cm³/mol. The normalized spacial score (nSPS) is 11.7. The molecule has 0 radical (unpaired) electrons. The summed E-state index contributed by atoms with van der Waals surface area (Å²) in [5, 5.41) is 0. The summed E-state index contributed by atoms with van der Waals surface area (Å²) >= 11 is 0. The quantitative estimate of drug-likeness (QED) is 0.740. The van der Waals surface area contributed by atoms with Gasteiger partial charge in [0, 0.05) is 0 Å². The van der Waals surface area contributed by atoms with E-state index in [-0.39, 0.29) is 25.0 Å². The lowest BCUT2D eigenvalue weighted by Crippen LogP contribution is -2.22. The molecule has 0 aromatic heterocycles. The minimum absolute atomic E-state index is 0.0591. The maximum Gasteiger partial charge on any atom is 0.312 e. The first kappa shape index (κ1) is 15.2. The number of rotatable bonds is 6. The molecule has 0 aliphatic carbocycles. The van der Waals surface area contributed by atoms with Crippen molar-refractivity contribution in [3.05, 3.63) is 35.4 Å². The van der Waals surface area contributed by atoms with E-state index in [0.717, 1.165) is 11.1 Å².